The first-order chi connectivity index (χ1) is 16.0. The third-order valence-electron chi connectivity index (χ3n) is 4.89. The summed E-state index contributed by atoms with van der Waals surface area (Å²) in [6.45, 7) is 5.16. The zero-order valence-corrected chi connectivity index (χ0v) is 20.0. The molecule has 0 aliphatic carbocycles. The van der Waals surface area contributed by atoms with Crippen LogP contribution in [0.15, 0.2) is 48.5 Å². The molecule has 0 aliphatic rings. The Morgan fingerprint density at radius 3 is 2.38 bits per heavy atom. The molecule has 0 spiro atoms. The molecule has 3 aromatic rings. The molecule has 0 aliphatic heterocycles. The Kier molecular flexibility index (Phi) is 7.28. The van der Waals surface area contributed by atoms with Crippen LogP contribution < -0.4 is 5.32 Å². The molecular formula is C25H24ClN3O5. The molecule has 1 heterocycles. The molecule has 34 heavy (non-hydrogen) atoms. The Morgan fingerprint density at radius 2 is 1.79 bits per heavy atom. The van der Waals surface area contributed by atoms with Crippen LogP contribution in [0, 0.1) is 11.3 Å². The van der Waals surface area contributed by atoms with Crippen LogP contribution in [0.4, 0.5) is 4.79 Å². The van der Waals surface area contributed by atoms with Gasteiger partial charge in [-0.1, -0.05) is 23.7 Å². The van der Waals surface area contributed by atoms with Gasteiger partial charge in [-0.3, -0.25) is 4.79 Å². The van der Waals surface area contributed by atoms with Gasteiger partial charge in [-0.2, -0.15) is 5.26 Å². The minimum atomic E-state index is -1.03. The van der Waals surface area contributed by atoms with E-state index in [1.165, 1.54) is 13.2 Å². The molecule has 2 aromatic carbocycles. The highest BCUT2D eigenvalue weighted by Crippen LogP contribution is 2.25. The molecule has 0 radical (unpaired) electrons. The van der Waals surface area contributed by atoms with Gasteiger partial charge in [0.1, 0.15) is 17.3 Å². The zero-order valence-electron chi connectivity index (χ0n) is 19.2. The van der Waals surface area contributed by atoms with Gasteiger partial charge < -0.3 is 14.8 Å². The van der Waals surface area contributed by atoms with Gasteiger partial charge in [-0.05, 0) is 62.7 Å². The van der Waals surface area contributed by atoms with E-state index in [1.807, 2.05) is 6.07 Å². The third kappa shape index (κ3) is 5.74. The number of carbonyl (C=O) groups excluding carboxylic acids is 3. The Bertz CT molecular complexity index is 1280. The van der Waals surface area contributed by atoms with Gasteiger partial charge in [-0.25, -0.2) is 14.2 Å². The highest BCUT2D eigenvalue weighted by atomic mass is 35.5. The first-order valence-corrected chi connectivity index (χ1v) is 10.8. The lowest BCUT2D eigenvalue weighted by Crippen LogP contribution is -2.44. The minimum Gasteiger partial charge on any atom is -0.467 e. The van der Waals surface area contributed by atoms with Gasteiger partial charge >= 0.3 is 12.1 Å². The quantitative estimate of drug-likeness (QED) is 0.538. The standard InChI is InChI=1S/C25H24ClN3O5/c1-25(2,3)34-24(32)29-20-10-9-18(26)12-17(20)13-21(29)22(30)28-19(23(31)33-4)11-15-5-7-16(14-27)8-6-15/h5-10,12-13,19H,11H2,1-4H3,(H,28,30)/t19-/m0/s1. The maximum atomic E-state index is 13.3. The average Bonchev–Trinajstić information content (AvgIpc) is 3.16. The van der Waals surface area contributed by atoms with Gasteiger partial charge in [0.15, 0.2) is 0 Å². The van der Waals surface area contributed by atoms with Crippen molar-refractivity contribution in [2.24, 2.45) is 0 Å². The molecule has 176 valence electrons. The molecule has 8 nitrogen and oxygen atoms in total. The van der Waals surface area contributed by atoms with Crippen molar-refractivity contribution >= 4 is 40.5 Å². The van der Waals surface area contributed by atoms with E-state index in [2.05, 4.69) is 5.32 Å². The SMILES string of the molecule is COC(=O)[C@H](Cc1ccc(C#N)cc1)NC(=O)c1cc2cc(Cl)ccc2n1C(=O)OC(C)(C)C. The van der Waals surface area contributed by atoms with Crippen LogP contribution >= 0.6 is 11.6 Å². The number of nitriles is 1. The lowest BCUT2D eigenvalue weighted by molar-refractivity contribution is -0.142. The van der Waals surface area contributed by atoms with Crippen LogP contribution in [0.1, 0.15) is 42.4 Å². The Morgan fingerprint density at radius 1 is 1.12 bits per heavy atom. The lowest BCUT2D eigenvalue weighted by Gasteiger charge is -2.21. The molecular weight excluding hydrogens is 458 g/mol. The maximum Gasteiger partial charge on any atom is 0.419 e. The number of nitrogens with one attached hydrogen (secondary N) is 1. The van der Waals surface area contributed by atoms with Crippen LogP contribution in [-0.2, 0) is 20.7 Å². The van der Waals surface area contributed by atoms with Crippen LogP contribution in [0.2, 0.25) is 5.02 Å². The van der Waals surface area contributed by atoms with Crippen LogP contribution in [0.3, 0.4) is 0 Å². The topological polar surface area (TPSA) is 110 Å². The highest BCUT2D eigenvalue weighted by molar-refractivity contribution is 6.31. The van der Waals surface area contributed by atoms with Crippen molar-refractivity contribution in [3.05, 3.63) is 70.4 Å². The number of ether oxygens (including phenoxy) is 2. The number of methoxy groups -OCH3 is 1. The Labute approximate surface area is 202 Å². The molecule has 9 heteroatoms. The highest BCUT2D eigenvalue weighted by Gasteiger charge is 2.28. The van der Waals surface area contributed by atoms with Gasteiger partial charge in [0.25, 0.3) is 5.91 Å². The second kappa shape index (κ2) is 9.98. The molecule has 0 unspecified atom stereocenters. The van der Waals surface area contributed by atoms with E-state index in [-0.39, 0.29) is 12.1 Å². The molecule has 0 bridgehead atoms. The zero-order chi connectivity index (χ0) is 25.0. The third-order valence-corrected chi connectivity index (χ3v) is 5.12. The number of amides is 1. The largest absolute Gasteiger partial charge is 0.467 e. The first-order valence-electron chi connectivity index (χ1n) is 10.4. The van der Waals surface area contributed by atoms with Crippen molar-refractivity contribution in [2.75, 3.05) is 7.11 Å². The summed E-state index contributed by atoms with van der Waals surface area (Å²) in [5, 5.41) is 12.6. The Hall–Kier alpha value is -3.83. The fourth-order valence-corrected chi connectivity index (χ4v) is 3.56. The van der Waals surface area contributed by atoms with Gasteiger partial charge in [0, 0.05) is 16.8 Å². The molecule has 0 saturated carbocycles. The van der Waals surface area contributed by atoms with Crippen molar-refractivity contribution < 1.29 is 23.9 Å². The lowest BCUT2D eigenvalue weighted by atomic mass is 10.0. The predicted molar refractivity (Wildman–Crippen MR) is 127 cm³/mol. The van der Waals surface area contributed by atoms with E-state index in [9.17, 15) is 14.4 Å². The van der Waals surface area contributed by atoms with Gasteiger partial charge in [0.2, 0.25) is 0 Å². The van der Waals surface area contributed by atoms with Crippen molar-refractivity contribution in [1.82, 2.24) is 9.88 Å². The van der Waals surface area contributed by atoms with Crippen LogP contribution in [0.5, 0.6) is 0 Å². The summed E-state index contributed by atoms with van der Waals surface area (Å²) < 4.78 is 11.5. The molecule has 1 aromatic heterocycles. The Balaban J connectivity index is 1.97. The molecule has 3 rings (SSSR count). The smallest absolute Gasteiger partial charge is 0.419 e. The van der Waals surface area contributed by atoms with E-state index in [0.717, 1.165) is 4.57 Å². The number of nitrogens with zero attached hydrogens (tertiary/aromatic N) is 2. The van der Waals surface area contributed by atoms with Crippen LogP contribution in [0.25, 0.3) is 10.9 Å². The predicted octanol–water partition coefficient (Wildman–Crippen LogP) is 4.46. The number of hydrogen-bond donors (Lipinski definition) is 1. The number of halogens is 1. The van der Waals surface area contributed by atoms with Crippen molar-refractivity contribution in [3.8, 4) is 6.07 Å². The fourth-order valence-electron chi connectivity index (χ4n) is 3.38. The van der Waals surface area contributed by atoms with E-state index in [1.54, 1.807) is 63.2 Å². The molecule has 1 amide bonds. The average molecular weight is 482 g/mol. The number of carbonyl (C=O) groups is 3. The summed E-state index contributed by atoms with van der Waals surface area (Å²) in [5.41, 5.74) is 0.820. The van der Waals surface area contributed by atoms with Gasteiger partial charge in [0.05, 0.1) is 24.3 Å². The summed E-state index contributed by atoms with van der Waals surface area (Å²) >= 11 is 6.10. The number of rotatable bonds is 5. The fraction of sp³-hybridized carbons (Fsp3) is 0.280. The van der Waals surface area contributed by atoms with Crippen molar-refractivity contribution in [1.29, 1.82) is 5.26 Å². The second-order valence-corrected chi connectivity index (χ2v) is 9.05. The summed E-state index contributed by atoms with van der Waals surface area (Å²) in [7, 11) is 1.22. The number of hydrogen-bond acceptors (Lipinski definition) is 6. The number of benzene rings is 2. The van der Waals surface area contributed by atoms with Gasteiger partial charge in [-0.15, -0.1) is 0 Å². The van der Waals surface area contributed by atoms with Crippen LogP contribution in [-0.4, -0.2) is 41.3 Å². The molecule has 0 saturated heterocycles. The van der Waals surface area contributed by atoms with E-state index in [4.69, 9.17) is 26.3 Å². The summed E-state index contributed by atoms with van der Waals surface area (Å²) in [6.07, 6.45) is -0.612. The van der Waals surface area contributed by atoms with Crippen molar-refractivity contribution in [3.63, 3.8) is 0 Å². The van der Waals surface area contributed by atoms with E-state index in [0.29, 0.717) is 27.1 Å². The monoisotopic (exact) mass is 481 g/mol. The first kappa shape index (κ1) is 24.8. The van der Waals surface area contributed by atoms with Crippen molar-refractivity contribution in [2.45, 2.75) is 38.8 Å². The number of esters is 1. The molecule has 1 N–H and O–H groups in total. The minimum absolute atomic E-state index is 0.0137. The summed E-state index contributed by atoms with van der Waals surface area (Å²) in [6, 6.07) is 14.0. The second-order valence-electron chi connectivity index (χ2n) is 8.61. The number of fused-ring (bicyclic) bond motifs is 1. The summed E-state index contributed by atoms with van der Waals surface area (Å²) in [4.78, 5) is 38.7. The molecule has 1 atom stereocenters. The number of aromatic nitrogens is 1. The normalized spacial score (nSPS) is 12.0. The van der Waals surface area contributed by atoms with E-state index >= 15 is 0 Å². The maximum absolute atomic E-state index is 13.3. The summed E-state index contributed by atoms with van der Waals surface area (Å²) in [5.74, 6) is -1.32. The van der Waals surface area contributed by atoms with E-state index < -0.39 is 29.6 Å². The molecule has 0 fully saturated rings.